The molecule has 0 spiro atoms. The van der Waals surface area contributed by atoms with Gasteiger partial charge in [0.15, 0.2) is 0 Å². The number of carbonyl (C=O) groups is 2. The second-order valence-corrected chi connectivity index (χ2v) is 11.6. The van der Waals surface area contributed by atoms with Crippen LogP contribution in [0.1, 0.15) is 66.7 Å². The van der Waals surface area contributed by atoms with E-state index in [2.05, 4.69) is 32.2 Å². The summed E-state index contributed by atoms with van der Waals surface area (Å²) in [6.45, 7) is 8.59. The maximum absolute atomic E-state index is 15.0. The van der Waals surface area contributed by atoms with Gasteiger partial charge in [0.2, 0.25) is 5.91 Å². The van der Waals surface area contributed by atoms with E-state index in [1.165, 1.54) is 6.07 Å². The molecule has 2 amide bonds. The lowest BCUT2D eigenvalue weighted by atomic mass is 9.83. The van der Waals surface area contributed by atoms with Crippen LogP contribution in [0.15, 0.2) is 91.3 Å². The number of aryl methyl sites for hydroxylation is 1. The number of amides is 2. The molecule has 0 saturated carbocycles. The van der Waals surface area contributed by atoms with Crippen LogP contribution in [-0.4, -0.2) is 27.8 Å². The van der Waals surface area contributed by atoms with Crippen LogP contribution in [0.5, 0.6) is 0 Å². The molecule has 40 heavy (non-hydrogen) atoms. The first-order valence-corrected chi connectivity index (χ1v) is 13.8. The van der Waals surface area contributed by atoms with E-state index >= 15 is 0 Å². The topological polar surface area (TPSA) is 54.3 Å². The fourth-order valence-electron chi connectivity index (χ4n) is 5.63. The third kappa shape index (κ3) is 5.57. The van der Waals surface area contributed by atoms with Gasteiger partial charge in [-0.1, -0.05) is 57.2 Å². The van der Waals surface area contributed by atoms with Gasteiger partial charge in [0.25, 0.3) is 5.91 Å². The number of piperidine rings is 1. The molecule has 5 nitrogen and oxygen atoms in total. The molecule has 0 aliphatic carbocycles. The summed E-state index contributed by atoms with van der Waals surface area (Å²) in [5.74, 6) is -1.59. The molecule has 1 aliphatic rings. The molecular formula is C34H36FN3O2. The zero-order valence-corrected chi connectivity index (χ0v) is 23.5. The van der Waals surface area contributed by atoms with E-state index in [4.69, 9.17) is 0 Å². The van der Waals surface area contributed by atoms with Crippen molar-refractivity contribution in [3.8, 4) is 5.69 Å². The number of rotatable bonds is 5. The lowest BCUT2D eigenvalue weighted by Gasteiger charge is -2.41. The Morgan fingerprint density at radius 3 is 2.38 bits per heavy atom. The van der Waals surface area contributed by atoms with Crippen LogP contribution in [-0.2, 0) is 10.2 Å². The molecule has 2 atom stereocenters. The zero-order chi connectivity index (χ0) is 28.4. The highest BCUT2D eigenvalue weighted by Gasteiger charge is 2.40. The third-order valence-electron chi connectivity index (χ3n) is 7.77. The van der Waals surface area contributed by atoms with Crippen molar-refractivity contribution in [2.24, 2.45) is 5.92 Å². The molecule has 0 radical (unpaired) electrons. The Bertz CT molecular complexity index is 1500. The molecule has 5 rings (SSSR count). The normalized spacial score (nSPS) is 17.5. The SMILES string of the molecule is Cc1cccc(F)c1C(=O)N1CCC[C@H](C(=O)Nc2cccc(C(C)(C)C)c2)[C@@H]1c1cccc(-n2cccc2)c1. The van der Waals surface area contributed by atoms with Crippen LogP contribution < -0.4 is 5.32 Å². The van der Waals surface area contributed by atoms with E-state index in [0.717, 1.165) is 22.5 Å². The minimum Gasteiger partial charge on any atom is -0.331 e. The summed E-state index contributed by atoms with van der Waals surface area (Å²) in [4.78, 5) is 29.6. The summed E-state index contributed by atoms with van der Waals surface area (Å²) < 4.78 is 17.0. The average Bonchev–Trinajstić information content (AvgIpc) is 3.47. The number of nitrogens with one attached hydrogen (secondary N) is 1. The van der Waals surface area contributed by atoms with Crippen molar-refractivity contribution in [1.29, 1.82) is 0 Å². The highest BCUT2D eigenvalue weighted by Crippen LogP contribution is 2.39. The Hall–Kier alpha value is -4.19. The number of carbonyl (C=O) groups excluding carboxylic acids is 2. The molecule has 3 aromatic carbocycles. The summed E-state index contributed by atoms with van der Waals surface area (Å²) in [6, 6.07) is 23.8. The molecule has 2 heterocycles. The van der Waals surface area contributed by atoms with Gasteiger partial charge in [-0.2, -0.15) is 0 Å². The van der Waals surface area contributed by atoms with E-state index in [0.29, 0.717) is 24.9 Å². The van der Waals surface area contributed by atoms with Gasteiger partial charge in [0, 0.05) is 30.3 Å². The quantitative estimate of drug-likeness (QED) is 0.287. The molecular weight excluding hydrogens is 501 g/mol. The van der Waals surface area contributed by atoms with Gasteiger partial charge in [-0.05, 0) is 84.3 Å². The van der Waals surface area contributed by atoms with Gasteiger partial charge in [-0.25, -0.2) is 4.39 Å². The Balaban J connectivity index is 1.55. The second-order valence-electron chi connectivity index (χ2n) is 11.6. The monoisotopic (exact) mass is 537 g/mol. The van der Waals surface area contributed by atoms with Crippen molar-refractivity contribution >= 4 is 17.5 Å². The van der Waals surface area contributed by atoms with Crippen LogP contribution in [0.4, 0.5) is 10.1 Å². The smallest absolute Gasteiger partial charge is 0.257 e. The van der Waals surface area contributed by atoms with E-state index in [1.54, 1.807) is 24.0 Å². The van der Waals surface area contributed by atoms with Gasteiger partial charge in [-0.15, -0.1) is 0 Å². The van der Waals surface area contributed by atoms with Gasteiger partial charge in [-0.3, -0.25) is 9.59 Å². The summed E-state index contributed by atoms with van der Waals surface area (Å²) >= 11 is 0. The minimum absolute atomic E-state index is 0.0617. The Labute approximate surface area is 235 Å². The Kier molecular flexibility index (Phi) is 7.61. The zero-order valence-electron chi connectivity index (χ0n) is 23.5. The standard InChI is InChI=1S/C34H36FN3O2/c1-23-11-7-17-29(35)30(23)33(40)38-20-10-16-28(32(39)36-26-14-9-13-25(22-26)34(2,3)4)31(38)24-12-8-15-27(21-24)37-18-5-6-19-37/h5-9,11-15,17-19,21-22,28,31H,10,16,20H2,1-4H3,(H,36,39)/t28-,31-/m0/s1. The fourth-order valence-corrected chi connectivity index (χ4v) is 5.63. The highest BCUT2D eigenvalue weighted by atomic mass is 19.1. The molecule has 4 aromatic rings. The lowest BCUT2D eigenvalue weighted by molar-refractivity contribution is -0.123. The predicted octanol–water partition coefficient (Wildman–Crippen LogP) is 7.45. The van der Waals surface area contributed by atoms with Crippen molar-refractivity contribution in [1.82, 2.24) is 9.47 Å². The number of halogens is 1. The average molecular weight is 538 g/mol. The molecule has 1 fully saturated rings. The number of nitrogens with zero attached hydrogens (tertiary/aromatic N) is 2. The summed E-state index contributed by atoms with van der Waals surface area (Å²) in [5.41, 5.74) is 4.20. The van der Waals surface area contributed by atoms with E-state index in [1.807, 2.05) is 71.6 Å². The van der Waals surface area contributed by atoms with Gasteiger partial charge in [0.05, 0.1) is 17.5 Å². The van der Waals surface area contributed by atoms with Crippen LogP contribution >= 0.6 is 0 Å². The van der Waals surface area contributed by atoms with Gasteiger partial charge in [0.1, 0.15) is 5.82 Å². The highest BCUT2D eigenvalue weighted by molar-refractivity contribution is 5.98. The van der Waals surface area contributed by atoms with Crippen LogP contribution in [0.25, 0.3) is 5.69 Å². The molecule has 1 N–H and O–H groups in total. The summed E-state index contributed by atoms with van der Waals surface area (Å²) in [5, 5.41) is 3.13. The first-order chi connectivity index (χ1) is 19.1. The molecule has 6 heteroatoms. The number of aromatic nitrogens is 1. The van der Waals surface area contributed by atoms with Crippen LogP contribution in [0, 0.1) is 18.7 Å². The van der Waals surface area contributed by atoms with Crippen molar-refractivity contribution in [2.45, 2.75) is 52.0 Å². The van der Waals surface area contributed by atoms with E-state index in [-0.39, 0.29) is 22.8 Å². The number of anilines is 1. The van der Waals surface area contributed by atoms with E-state index < -0.39 is 17.8 Å². The van der Waals surface area contributed by atoms with E-state index in [9.17, 15) is 14.0 Å². The third-order valence-corrected chi connectivity index (χ3v) is 7.77. The minimum atomic E-state index is -0.554. The molecule has 1 aromatic heterocycles. The van der Waals surface area contributed by atoms with Crippen molar-refractivity contribution < 1.29 is 14.0 Å². The van der Waals surface area contributed by atoms with Crippen molar-refractivity contribution in [2.75, 3.05) is 11.9 Å². The van der Waals surface area contributed by atoms with Crippen molar-refractivity contribution in [3.05, 3.63) is 119 Å². The van der Waals surface area contributed by atoms with Crippen LogP contribution in [0.2, 0.25) is 0 Å². The first kappa shape index (κ1) is 27.4. The fraction of sp³-hybridized carbons (Fsp3) is 0.294. The Morgan fingerprint density at radius 2 is 1.65 bits per heavy atom. The number of likely N-dealkylation sites (tertiary alicyclic amines) is 1. The van der Waals surface area contributed by atoms with Gasteiger partial charge < -0.3 is 14.8 Å². The largest absolute Gasteiger partial charge is 0.331 e. The summed E-state index contributed by atoms with van der Waals surface area (Å²) in [6.07, 6.45) is 5.17. The summed E-state index contributed by atoms with van der Waals surface area (Å²) in [7, 11) is 0. The second kappa shape index (κ2) is 11.1. The number of hydrogen-bond acceptors (Lipinski definition) is 2. The molecule has 206 valence electrons. The molecule has 1 saturated heterocycles. The predicted molar refractivity (Wildman–Crippen MR) is 157 cm³/mol. The maximum atomic E-state index is 15.0. The van der Waals surface area contributed by atoms with Crippen molar-refractivity contribution in [3.63, 3.8) is 0 Å². The first-order valence-electron chi connectivity index (χ1n) is 13.8. The Morgan fingerprint density at radius 1 is 0.925 bits per heavy atom. The van der Waals surface area contributed by atoms with Crippen LogP contribution in [0.3, 0.4) is 0 Å². The number of hydrogen-bond donors (Lipinski definition) is 1. The maximum Gasteiger partial charge on any atom is 0.257 e. The lowest BCUT2D eigenvalue weighted by Crippen LogP contribution is -2.46. The molecule has 1 aliphatic heterocycles. The molecule has 0 unspecified atom stereocenters. The number of benzene rings is 3. The molecule has 0 bridgehead atoms. The van der Waals surface area contributed by atoms with Gasteiger partial charge >= 0.3 is 0 Å².